The summed E-state index contributed by atoms with van der Waals surface area (Å²) < 4.78 is 5.28. The van der Waals surface area contributed by atoms with E-state index in [1.54, 1.807) is 0 Å². The Balaban J connectivity index is 1.86. The van der Waals surface area contributed by atoms with Crippen molar-refractivity contribution in [3.63, 3.8) is 0 Å². The largest absolute Gasteiger partial charge is 0.441 e. The van der Waals surface area contributed by atoms with Crippen molar-refractivity contribution in [2.45, 2.75) is 31.8 Å². The van der Waals surface area contributed by atoms with Crippen molar-refractivity contribution in [2.75, 3.05) is 19.6 Å². The minimum atomic E-state index is -0.265. The minimum absolute atomic E-state index is 0.263. The van der Waals surface area contributed by atoms with Gasteiger partial charge in [-0.05, 0) is 45.2 Å². The molecule has 1 amide bonds. The van der Waals surface area contributed by atoms with Gasteiger partial charge in [0.1, 0.15) is 5.60 Å². The fraction of sp³-hybridized carbons (Fsp3) is 0.900. The number of nitrogens with one attached hydrogen (secondary N) is 2. The first-order valence-corrected chi connectivity index (χ1v) is 5.35. The molecule has 0 spiro atoms. The topological polar surface area (TPSA) is 50.4 Å². The molecule has 0 radical (unpaired) electrons. The summed E-state index contributed by atoms with van der Waals surface area (Å²) in [5.74, 6) is 0.703. The molecule has 2 heterocycles. The summed E-state index contributed by atoms with van der Waals surface area (Å²) >= 11 is 0. The average Bonchev–Trinajstić information content (AvgIpc) is 2.47. The normalized spacial score (nSPS) is 33.9. The summed E-state index contributed by atoms with van der Waals surface area (Å²) in [5.41, 5.74) is -0.265. The number of hydrogen-bond donors (Lipinski definition) is 2. The summed E-state index contributed by atoms with van der Waals surface area (Å²) in [4.78, 5) is 11.0. The van der Waals surface area contributed by atoms with Crippen LogP contribution in [0, 0.1) is 5.92 Å². The molecule has 0 aliphatic carbocycles. The van der Waals surface area contributed by atoms with Crippen LogP contribution in [0.5, 0.6) is 0 Å². The van der Waals surface area contributed by atoms with Gasteiger partial charge in [0.2, 0.25) is 0 Å². The van der Waals surface area contributed by atoms with E-state index in [2.05, 4.69) is 10.6 Å². The number of hydrogen-bond acceptors (Lipinski definition) is 3. The lowest BCUT2D eigenvalue weighted by atomic mass is 9.86. The van der Waals surface area contributed by atoms with Gasteiger partial charge >= 0.3 is 6.09 Å². The second-order valence-electron chi connectivity index (χ2n) is 4.59. The van der Waals surface area contributed by atoms with Gasteiger partial charge in [-0.15, -0.1) is 0 Å². The lowest BCUT2D eigenvalue weighted by molar-refractivity contribution is 0.0465. The third-order valence-electron chi connectivity index (χ3n) is 3.12. The first-order valence-electron chi connectivity index (χ1n) is 5.35. The molecule has 2 N–H and O–H groups in total. The number of amides is 1. The second-order valence-corrected chi connectivity index (χ2v) is 4.59. The number of carbonyl (C=O) groups excluding carboxylic acids is 1. The van der Waals surface area contributed by atoms with E-state index in [1.807, 2.05) is 6.92 Å². The minimum Gasteiger partial charge on any atom is -0.441 e. The van der Waals surface area contributed by atoms with E-state index in [9.17, 15) is 4.79 Å². The van der Waals surface area contributed by atoms with E-state index in [0.29, 0.717) is 12.5 Å². The van der Waals surface area contributed by atoms with Crippen LogP contribution in [0.25, 0.3) is 0 Å². The molecular formula is C10H18N2O2. The van der Waals surface area contributed by atoms with Gasteiger partial charge in [-0.25, -0.2) is 4.79 Å². The van der Waals surface area contributed by atoms with E-state index in [1.165, 1.54) is 12.8 Å². The number of cyclic esters (lactones) is 1. The SMILES string of the molecule is CC1(CC2CCNCC2)CNC(=O)O1. The van der Waals surface area contributed by atoms with Crippen LogP contribution in [-0.4, -0.2) is 31.3 Å². The van der Waals surface area contributed by atoms with Crippen LogP contribution >= 0.6 is 0 Å². The summed E-state index contributed by atoms with van der Waals surface area (Å²) in [7, 11) is 0. The second kappa shape index (κ2) is 3.77. The Morgan fingerprint density at radius 2 is 2.21 bits per heavy atom. The first kappa shape index (κ1) is 9.77. The molecule has 0 saturated carbocycles. The molecule has 0 aromatic rings. The lowest BCUT2D eigenvalue weighted by Crippen LogP contribution is -2.36. The average molecular weight is 198 g/mol. The zero-order valence-electron chi connectivity index (χ0n) is 8.64. The van der Waals surface area contributed by atoms with Gasteiger partial charge in [0, 0.05) is 0 Å². The predicted octanol–water partition coefficient (Wildman–Crippen LogP) is 0.875. The van der Waals surface area contributed by atoms with Crippen LogP contribution in [0.2, 0.25) is 0 Å². The van der Waals surface area contributed by atoms with Crippen LogP contribution in [0.4, 0.5) is 4.79 Å². The van der Waals surface area contributed by atoms with E-state index in [0.717, 1.165) is 19.5 Å². The Morgan fingerprint density at radius 1 is 1.50 bits per heavy atom. The van der Waals surface area contributed by atoms with E-state index < -0.39 is 0 Å². The van der Waals surface area contributed by atoms with Crippen molar-refractivity contribution >= 4 is 6.09 Å². The van der Waals surface area contributed by atoms with E-state index >= 15 is 0 Å². The molecule has 2 rings (SSSR count). The maximum atomic E-state index is 11.0. The van der Waals surface area contributed by atoms with Crippen LogP contribution in [0.3, 0.4) is 0 Å². The van der Waals surface area contributed by atoms with Gasteiger partial charge < -0.3 is 15.4 Å². The number of alkyl carbamates (subject to hydrolysis) is 1. The smallest absolute Gasteiger partial charge is 0.407 e. The molecule has 0 aromatic heterocycles. The highest BCUT2D eigenvalue weighted by Gasteiger charge is 2.37. The number of carbonyl (C=O) groups is 1. The Hall–Kier alpha value is -0.770. The Labute approximate surface area is 84.4 Å². The van der Waals surface area contributed by atoms with Crippen LogP contribution in [-0.2, 0) is 4.74 Å². The monoisotopic (exact) mass is 198 g/mol. The molecule has 80 valence electrons. The standard InChI is InChI=1S/C10H18N2O2/c1-10(7-12-9(13)14-10)6-8-2-4-11-5-3-8/h8,11H,2-7H2,1H3,(H,12,13). The van der Waals surface area contributed by atoms with Gasteiger partial charge in [-0.2, -0.15) is 0 Å². The molecule has 0 aromatic carbocycles. The molecule has 2 saturated heterocycles. The maximum Gasteiger partial charge on any atom is 0.407 e. The number of ether oxygens (including phenoxy) is 1. The highest BCUT2D eigenvalue weighted by Crippen LogP contribution is 2.28. The van der Waals surface area contributed by atoms with Gasteiger partial charge in [0.25, 0.3) is 0 Å². The van der Waals surface area contributed by atoms with Crippen molar-refractivity contribution in [2.24, 2.45) is 5.92 Å². The summed E-state index contributed by atoms with van der Waals surface area (Å²) in [6.45, 7) is 4.88. The predicted molar refractivity (Wildman–Crippen MR) is 53.1 cm³/mol. The van der Waals surface area contributed by atoms with Gasteiger partial charge in [0.15, 0.2) is 0 Å². The fourth-order valence-electron chi connectivity index (χ4n) is 2.37. The molecule has 14 heavy (non-hydrogen) atoms. The van der Waals surface area contributed by atoms with E-state index in [-0.39, 0.29) is 11.7 Å². The maximum absolute atomic E-state index is 11.0. The summed E-state index contributed by atoms with van der Waals surface area (Å²) in [5, 5.41) is 6.06. The Kier molecular flexibility index (Phi) is 2.63. The Morgan fingerprint density at radius 3 is 2.79 bits per heavy atom. The van der Waals surface area contributed by atoms with Crippen LogP contribution in [0.1, 0.15) is 26.2 Å². The quantitative estimate of drug-likeness (QED) is 0.692. The van der Waals surface area contributed by atoms with Crippen molar-refractivity contribution in [3.8, 4) is 0 Å². The number of rotatable bonds is 2. The van der Waals surface area contributed by atoms with Crippen molar-refractivity contribution in [1.82, 2.24) is 10.6 Å². The first-order chi connectivity index (χ1) is 6.68. The fourth-order valence-corrected chi connectivity index (χ4v) is 2.37. The van der Waals surface area contributed by atoms with Crippen molar-refractivity contribution < 1.29 is 9.53 Å². The summed E-state index contributed by atoms with van der Waals surface area (Å²) in [6, 6.07) is 0. The van der Waals surface area contributed by atoms with E-state index in [4.69, 9.17) is 4.74 Å². The lowest BCUT2D eigenvalue weighted by Gasteiger charge is -2.29. The zero-order chi connectivity index (χ0) is 10.0. The molecule has 2 aliphatic heterocycles. The van der Waals surface area contributed by atoms with Gasteiger partial charge in [0.05, 0.1) is 6.54 Å². The van der Waals surface area contributed by atoms with Gasteiger partial charge in [-0.3, -0.25) is 0 Å². The third kappa shape index (κ3) is 2.18. The van der Waals surface area contributed by atoms with Gasteiger partial charge in [-0.1, -0.05) is 0 Å². The van der Waals surface area contributed by atoms with Crippen LogP contribution < -0.4 is 10.6 Å². The highest BCUT2D eigenvalue weighted by molar-refractivity contribution is 5.70. The molecule has 1 unspecified atom stereocenters. The highest BCUT2D eigenvalue weighted by atomic mass is 16.6. The molecule has 2 fully saturated rings. The molecule has 2 aliphatic rings. The van der Waals surface area contributed by atoms with Crippen molar-refractivity contribution in [1.29, 1.82) is 0 Å². The Bertz CT molecular complexity index is 226. The summed E-state index contributed by atoms with van der Waals surface area (Å²) in [6.07, 6.45) is 3.13. The van der Waals surface area contributed by atoms with Crippen molar-refractivity contribution in [3.05, 3.63) is 0 Å². The molecule has 4 heteroatoms. The molecule has 4 nitrogen and oxygen atoms in total. The van der Waals surface area contributed by atoms with Crippen LogP contribution in [0.15, 0.2) is 0 Å². The molecular weight excluding hydrogens is 180 g/mol. The third-order valence-corrected chi connectivity index (χ3v) is 3.12. The zero-order valence-corrected chi connectivity index (χ0v) is 8.64. The molecule has 1 atom stereocenters. The molecule has 0 bridgehead atoms. The number of piperidine rings is 1.